The predicted molar refractivity (Wildman–Crippen MR) is 59.0 cm³/mol. The summed E-state index contributed by atoms with van der Waals surface area (Å²) in [5.74, 6) is 0. The van der Waals surface area contributed by atoms with Crippen LogP contribution in [0.2, 0.25) is 0 Å². The van der Waals surface area contributed by atoms with Gasteiger partial charge < -0.3 is 10.0 Å². The van der Waals surface area contributed by atoms with Crippen LogP contribution in [-0.2, 0) is 4.79 Å². The Labute approximate surface area is 89.6 Å². The first-order chi connectivity index (χ1) is 7.38. The minimum Gasteiger partial charge on any atom is -0.483 e. The standard InChI is InChI=1S/C10H14N2.CH2O2/c1-2-7-12(8-3-1)10-5-4-6-11-9-10;2-1-3/h4-6,9H,1-3,7-8H2;1H,(H,2,3). The van der Waals surface area contributed by atoms with Crippen LogP contribution in [0.15, 0.2) is 24.5 Å². The van der Waals surface area contributed by atoms with E-state index in [9.17, 15) is 0 Å². The minimum atomic E-state index is -0.250. The number of rotatable bonds is 1. The molecule has 1 aromatic heterocycles. The molecule has 15 heavy (non-hydrogen) atoms. The summed E-state index contributed by atoms with van der Waals surface area (Å²) in [5, 5.41) is 6.89. The largest absolute Gasteiger partial charge is 0.483 e. The van der Waals surface area contributed by atoms with Crippen molar-refractivity contribution in [2.75, 3.05) is 18.0 Å². The molecule has 4 heteroatoms. The maximum absolute atomic E-state index is 8.36. The molecule has 1 aliphatic rings. The van der Waals surface area contributed by atoms with Crippen molar-refractivity contribution in [2.45, 2.75) is 19.3 Å². The molecule has 1 saturated heterocycles. The summed E-state index contributed by atoms with van der Waals surface area (Å²) in [6.45, 7) is 2.15. The van der Waals surface area contributed by atoms with Crippen molar-refractivity contribution in [2.24, 2.45) is 0 Å². The first kappa shape index (κ1) is 11.5. The van der Waals surface area contributed by atoms with Crippen molar-refractivity contribution in [3.05, 3.63) is 24.5 Å². The Morgan fingerprint density at radius 2 is 2.00 bits per heavy atom. The lowest BCUT2D eigenvalue weighted by Gasteiger charge is -2.28. The number of piperidine rings is 1. The van der Waals surface area contributed by atoms with Crippen LogP contribution in [0.1, 0.15) is 19.3 Å². The van der Waals surface area contributed by atoms with Gasteiger partial charge in [0.2, 0.25) is 0 Å². The van der Waals surface area contributed by atoms with Gasteiger partial charge in [0.1, 0.15) is 0 Å². The Bertz CT molecular complexity index is 271. The van der Waals surface area contributed by atoms with Crippen LogP contribution in [0.4, 0.5) is 5.69 Å². The molecule has 1 N–H and O–H groups in total. The van der Waals surface area contributed by atoms with Crippen molar-refractivity contribution in [3.63, 3.8) is 0 Å². The summed E-state index contributed by atoms with van der Waals surface area (Å²) < 4.78 is 0. The van der Waals surface area contributed by atoms with Crippen LogP contribution in [0.25, 0.3) is 0 Å². The molecule has 82 valence electrons. The Morgan fingerprint density at radius 3 is 2.53 bits per heavy atom. The van der Waals surface area contributed by atoms with Gasteiger partial charge in [0.25, 0.3) is 6.47 Å². The van der Waals surface area contributed by atoms with E-state index in [0.717, 1.165) is 0 Å². The fraction of sp³-hybridized carbons (Fsp3) is 0.455. The van der Waals surface area contributed by atoms with Gasteiger partial charge in [-0.15, -0.1) is 0 Å². The number of pyridine rings is 1. The van der Waals surface area contributed by atoms with E-state index in [1.165, 1.54) is 38.0 Å². The topological polar surface area (TPSA) is 53.4 Å². The first-order valence-electron chi connectivity index (χ1n) is 5.11. The third-order valence-electron chi connectivity index (χ3n) is 2.37. The lowest BCUT2D eigenvalue weighted by molar-refractivity contribution is -0.122. The average molecular weight is 208 g/mol. The second-order valence-electron chi connectivity index (χ2n) is 3.36. The number of carbonyl (C=O) groups is 1. The molecule has 2 heterocycles. The molecule has 0 atom stereocenters. The molecule has 0 amide bonds. The van der Waals surface area contributed by atoms with Gasteiger partial charge in [-0.2, -0.15) is 0 Å². The predicted octanol–water partition coefficient (Wildman–Crippen LogP) is 1.77. The fourth-order valence-corrected chi connectivity index (χ4v) is 1.69. The number of nitrogens with zero attached hydrogens (tertiary/aromatic N) is 2. The van der Waals surface area contributed by atoms with E-state index < -0.39 is 0 Å². The molecule has 0 aromatic carbocycles. The van der Waals surface area contributed by atoms with Gasteiger partial charge in [0.15, 0.2) is 0 Å². The smallest absolute Gasteiger partial charge is 0.290 e. The monoisotopic (exact) mass is 208 g/mol. The highest BCUT2D eigenvalue weighted by atomic mass is 16.3. The zero-order chi connectivity index (χ0) is 10.9. The first-order valence-corrected chi connectivity index (χ1v) is 5.11. The molecule has 4 nitrogen and oxygen atoms in total. The van der Waals surface area contributed by atoms with Crippen molar-refractivity contribution in [3.8, 4) is 0 Å². The minimum absolute atomic E-state index is 0.250. The highest BCUT2D eigenvalue weighted by molar-refractivity contribution is 5.43. The van der Waals surface area contributed by atoms with E-state index in [0.29, 0.717) is 0 Å². The van der Waals surface area contributed by atoms with Gasteiger partial charge >= 0.3 is 0 Å². The van der Waals surface area contributed by atoms with Crippen LogP contribution in [-0.4, -0.2) is 29.7 Å². The molecule has 0 saturated carbocycles. The number of anilines is 1. The Morgan fingerprint density at radius 1 is 1.33 bits per heavy atom. The van der Waals surface area contributed by atoms with E-state index >= 15 is 0 Å². The Kier molecular flexibility index (Phi) is 5.22. The normalized spacial score (nSPS) is 15.1. The van der Waals surface area contributed by atoms with Crippen LogP contribution in [0.3, 0.4) is 0 Å². The quantitative estimate of drug-likeness (QED) is 0.715. The third-order valence-corrected chi connectivity index (χ3v) is 2.37. The number of hydrogen-bond donors (Lipinski definition) is 1. The second-order valence-corrected chi connectivity index (χ2v) is 3.36. The summed E-state index contributed by atoms with van der Waals surface area (Å²) in [5.41, 5.74) is 1.28. The van der Waals surface area contributed by atoms with Crippen molar-refractivity contribution >= 4 is 12.2 Å². The number of aromatic nitrogens is 1. The fourth-order valence-electron chi connectivity index (χ4n) is 1.69. The summed E-state index contributed by atoms with van der Waals surface area (Å²) in [7, 11) is 0. The number of carboxylic acid groups (broad SMARTS) is 1. The Balaban J connectivity index is 0.000000337. The second kappa shape index (κ2) is 6.81. The van der Waals surface area contributed by atoms with Crippen LogP contribution < -0.4 is 4.90 Å². The zero-order valence-corrected chi connectivity index (χ0v) is 8.67. The summed E-state index contributed by atoms with van der Waals surface area (Å²) in [6.07, 6.45) is 7.82. The van der Waals surface area contributed by atoms with E-state index in [4.69, 9.17) is 9.90 Å². The number of hydrogen-bond acceptors (Lipinski definition) is 3. The molecule has 1 aromatic rings. The third kappa shape index (κ3) is 3.97. The molecule has 0 radical (unpaired) electrons. The Hall–Kier alpha value is -1.58. The lowest BCUT2D eigenvalue weighted by atomic mass is 10.1. The van der Waals surface area contributed by atoms with Gasteiger partial charge in [-0.1, -0.05) is 0 Å². The summed E-state index contributed by atoms with van der Waals surface area (Å²) >= 11 is 0. The highest BCUT2D eigenvalue weighted by Crippen LogP contribution is 2.17. The average Bonchev–Trinajstić information content (AvgIpc) is 2.32. The van der Waals surface area contributed by atoms with Gasteiger partial charge in [0, 0.05) is 19.3 Å². The summed E-state index contributed by atoms with van der Waals surface area (Å²) in [6, 6.07) is 4.14. The SMILES string of the molecule is O=CO.c1cncc(N2CCCCC2)c1. The van der Waals surface area contributed by atoms with Gasteiger partial charge in [-0.05, 0) is 31.4 Å². The summed E-state index contributed by atoms with van der Waals surface area (Å²) in [4.78, 5) is 14.9. The molecule has 0 bridgehead atoms. The van der Waals surface area contributed by atoms with Crippen molar-refractivity contribution in [1.82, 2.24) is 4.98 Å². The molecule has 0 spiro atoms. The van der Waals surface area contributed by atoms with E-state index in [1.807, 2.05) is 18.5 Å². The van der Waals surface area contributed by atoms with Crippen LogP contribution in [0, 0.1) is 0 Å². The van der Waals surface area contributed by atoms with Crippen molar-refractivity contribution < 1.29 is 9.90 Å². The van der Waals surface area contributed by atoms with Gasteiger partial charge in [-0.25, -0.2) is 0 Å². The van der Waals surface area contributed by atoms with Gasteiger partial charge in [-0.3, -0.25) is 9.78 Å². The molecule has 1 aliphatic heterocycles. The van der Waals surface area contributed by atoms with Crippen molar-refractivity contribution in [1.29, 1.82) is 0 Å². The van der Waals surface area contributed by atoms with E-state index in [1.54, 1.807) is 0 Å². The molecular formula is C11H16N2O2. The molecule has 2 rings (SSSR count). The highest BCUT2D eigenvalue weighted by Gasteiger charge is 2.09. The van der Waals surface area contributed by atoms with E-state index in [2.05, 4.69) is 16.0 Å². The molecule has 0 aliphatic carbocycles. The molecule has 0 unspecified atom stereocenters. The maximum Gasteiger partial charge on any atom is 0.290 e. The lowest BCUT2D eigenvalue weighted by Crippen LogP contribution is -2.29. The van der Waals surface area contributed by atoms with Gasteiger partial charge in [0.05, 0.1) is 11.9 Å². The van der Waals surface area contributed by atoms with Crippen LogP contribution in [0.5, 0.6) is 0 Å². The molecular weight excluding hydrogens is 192 g/mol. The van der Waals surface area contributed by atoms with E-state index in [-0.39, 0.29) is 6.47 Å². The molecule has 1 fully saturated rings. The van der Waals surface area contributed by atoms with Crippen LogP contribution >= 0.6 is 0 Å². The maximum atomic E-state index is 8.36. The zero-order valence-electron chi connectivity index (χ0n) is 8.67.